The molecule has 2 N–H and O–H groups in total. The second-order valence-corrected chi connectivity index (χ2v) is 8.46. The monoisotopic (exact) mass is 451 g/mol. The Morgan fingerprint density at radius 2 is 1.80 bits per heavy atom. The SMILES string of the molecule is CN1C2CCC1CC(Oc1sc(Cl)cc1Br)C2.O=C(O)/C=C/C(=O)O. The van der Waals surface area contributed by atoms with Gasteiger partial charge in [-0.3, -0.25) is 0 Å². The number of aliphatic carboxylic acids is 2. The first kappa shape index (κ1) is 20.2. The maximum absolute atomic E-state index is 9.55. The van der Waals surface area contributed by atoms with E-state index < -0.39 is 11.9 Å². The number of hydrogen-bond donors (Lipinski definition) is 2. The van der Waals surface area contributed by atoms with E-state index in [1.165, 1.54) is 24.2 Å². The van der Waals surface area contributed by atoms with E-state index in [0.717, 1.165) is 26.7 Å². The van der Waals surface area contributed by atoms with E-state index in [9.17, 15) is 9.59 Å². The summed E-state index contributed by atoms with van der Waals surface area (Å²) in [5, 5.41) is 16.6. The number of rotatable bonds is 4. The standard InChI is InChI=1S/C12H15BrClNOS.C4H4O4/c1-15-7-2-3-8(15)5-9(4-7)16-12-10(13)6-11(14)17-12;5-3(6)1-2-4(7)8/h6-9H,2-5H2,1H3;1-2H,(H,5,6)(H,7,8)/b;2-1+. The van der Waals surface area contributed by atoms with Crippen LogP contribution in [0.2, 0.25) is 4.34 Å². The quantitative estimate of drug-likeness (QED) is 0.674. The largest absolute Gasteiger partial charge is 0.480 e. The Balaban J connectivity index is 0.000000242. The minimum atomic E-state index is -1.26. The number of carbonyl (C=O) groups is 2. The van der Waals surface area contributed by atoms with Crippen LogP contribution in [0.4, 0.5) is 0 Å². The highest BCUT2D eigenvalue weighted by Crippen LogP contribution is 2.41. The molecule has 1 aromatic heterocycles. The van der Waals surface area contributed by atoms with Crippen molar-refractivity contribution < 1.29 is 24.5 Å². The fraction of sp³-hybridized carbons (Fsp3) is 0.500. The van der Waals surface area contributed by atoms with E-state index in [-0.39, 0.29) is 0 Å². The molecule has 0 saturated carbocycles. The Morgan fingerprint density at radius 3 is 2.20 bits per heavy atom. The predicted molar refractivity (Wildman–Crippen MR) is 99.7 cm³/mol. The Morgan fingerprint density at radius 1 is 1.28 bits per heavy atom. The first-order chi connectivity index (χ1) is 11.8. The van der Waals surface area contributed by atoms with Crippen LogP contribution in [-0.2, 0) is 9.59 Å². The molecule has 3 rings (SSSR count). The fourth-order valence-corrected chi connectivity index (χ4v) is 5.02. The van der Waals surface area contributed by atoms with Crippen molar-refractivity contribution in [1.82, 2.24) is 4.90 Å². The van der Waals surface area contributed by atoms with E-state index in [4.69, 9.17) is 26.6 Å². The average molecular weight is 453 g/mol. The van der Waals surface area contributed by atoms with Crippen molar-refractivity contribution in [3.63, 3.8) is 0 Å². The van der Waals surface area contributed by atoms with Gasteiger partial charge in [0.25, 0.3) is 0 Å². The van der Waals surface area contributed by atoms with Crippen LogP contribution in [0, 0.1) is 0 Å². The van der Waals surface area contributed by atoms with Crippen molar-refractivity contribution in [1.29, 1.82) is 0 Å². The summed E-state index contributed by atoms with van der Waals surface area (Å²) >= 11 is 11.0. The number of piperidine rings is 1. The number of carboxylic acids is 2. The Hall–Kier alpha value is -1.09. The fourth-order valence-electron chi connectivity index (χ4n) is 3.16. The van der Waals surface area contributed by atoms with Crippen LogP contribution in [0.5, 0.6) is 5.06 Å². The average Bonchev–Trinajstić information content (AvgIpc) is 2.92. The topological polar surface area (TPSA) is 87.1 Å². The maximum atomic E-state index is 9.55. The molecule has 0 radical (unpaired) electrons. The maximum Gasteiger partial charge on any atom is 0.328 e. The summed E-state index contributed by atoms with van der Waals surface area (Å²) in [7, 11) is 2.25. The van der Waals surface area contributed by atoms with E-state index in [1.807, 2.05) is 6.07 Å². The highest BCUT2D eigenvalue weighted by molar-refractivity contribution is 9.10. The number of nitrogens with zero attached hydrogens (tertiary/aromatic N) is 1. The highest BCUT2D eigenvalue weighted by atomic mass is 79.9. The third-order valence-corrected chi connectivity index (χ3v) is 6.33. The number of carboxylic acid groups (broad SMARTS) is 2. The molecule has 9 heteroatoms. The van der Waals surface area contributed by atoms with Crippen LogP contribution in [0.25, 0.3) is 0 Å². The van der Waals surface area contributed by atoms with Gasteiger partial charge in [-0.2, -0.15) is 0 Å². The van der Waals surface area contributed by atoms with E-state index in [0.29, 0.717) is 30.3 Å². The molecular weight excluding hydrogens is 434 g/mol. The molecule has 0 amide bonds. The van der Waals surface area contributed by atoms with Gasteiger partial charge in [0, 0.05) is 24.2 Å². The van der Waals surface area contributed by atoms with E-state index in [2.05, 4.69) is 27.9 Å². The van der Waals surface area contributed by atoms with Crippen molar-refractivity contribution in [2.75, 3.05) is 7.05 Å². The minimum absolute atomic E-state index is 0.356. The third-order valence-electron chi connectivity index (χ3n) is 4.32. The second kappa shape index (κ2) is 9.02. The normalized spacial score (nSPS) is 25.5. The molecule has 0 spiro atoms. The van der Waals surface area contributed by atoms with Crippen LogP contribution < -0.4 is 4.74 Å². The Labute approximate surface area is 163 Å². The molecule has 2 fully saturated rings. The molecule has 138 valence electrons. The number of fused-ring (bicyclic) bond motifs is 2. The number of halogens is 2. The van der Waals surface area contributed by atoms with Crippen molar-refractivity contribution in [3.05, 3.63) is 27.0 Å². The zero-order valence-electron chi connectivity index (χ0n) is 13.5. The number of ether oxygens (including phenoxy) is 1. The van der Waals surface area contributed by atoms with Crippen molar-refractivity contribution >= 4 is 50.8 Å². The van der Waals surface area contributed by atoms with Gasteiger partial charge in [0.2, 0.25) is 0 Å². The first-order valence-corrected chi connectivity index (χ1v) is 9.72. The van der Waals surface area contributed by atoms with Crippen LogP contribution in [0.15, 0.2) is 22.7 Å². The van der Waals surface area contributed by atoms with E-state index in [1.54, 1.807) is 0 Å². The molecule has 6 nitrogen and oxygen atoms in total. The van der Waals surface area contributed by atoms with E-state index >= 15 is 0 Å². The molecular formula is C16H19BrClNO5S. The Kier molecular flexibility index (Phi) is 7.30. The molecule has 0 aromatic carbocycles. The number of thiophene rings is 1. The molecule has 2 unspecified atom stereocenters. The summed E-state index contributed by atoms with van der Waals surface area (Å²) in [6, 6.07) is 3.34. The first-order valence-electron chi connectivity index (χ1n) is 7.73. The van der Waals surface area contributed by atoms with Gasteiger partial charge >= 0.3 is 11.9 Å². The van der Waals surface area contributed by atoms with Gasteiger partial charge in [0.1, 0.15) is 6.10 Å². The summed E-state index contributed by atoms with van der Waals surface area (Å²) in [6.07, 6.45) is 6.42. The summed E-state index contributed by atoms with van der Waals surface area (Å²) in [5.41, 5.74) is 0. The van der Waals surface area contributed by atoms with Crippen LogP contribution >= 0.6 is 38.9 Å². The molecule has 2 aliphatic rings. The Bertz CT molecular complexity index is 635. The van der Waals surface area contributed by atoms with Gasteiger partial charge in [-0.05, 0) is 54.7 Å². The van der Waals surface area contributed by atoms with Crippen LogP contribution in [0.1, 0.15) is 25.7 Å². The predicted octanol–water partition coefficient (Wildman–Crippen LogP) is 3.88. The summed E-state index contributed by atoms with van der Waals surface area (Å²) in [6.45, 7) is 0. The molecule has 0 aliphatic carbocycles. The molecule has 25 heavy (non-hydrogen) atoms. The summed E-state index contributed by atoms with van der Waals surface area (Å²) in [5.74, 6) is -2.51. The third kappa shape index (κ3) is 5.99. The molecule has 3 heterocycles. The lowest BCUT2D eigenvalue weighted by atomic mass is 10.0. The van der Waals surface area contributed by atoms with Gasteiger partial charge in [-0.25, -0.2) is 9.59 Å². The summed E-state index contributed by atoms with van der Waals surface area (Å²) in [4.78, 5) is 21.6. The zero-order valence-corrected chi connectivity index (χ0v) is 16.7. The molecule has 1 aromatic rings. The lowest BCUT2D eigenvalue weighted by molar-refractivity contribution is -0.134. The van der Waals surface area contributed by atoms with Crippen molar-refractivity contribution in [3.8, 4) is 5.06 Å². The minimum Gasteiger partial charge on any atom is -0.480 e. The lowest BCUT2D eigenvalue weighted by Crippen LogP contribution is -2.43. The second-order valence-electron chi connectivity index (χ2n) is 5.96. The number of hydrogen-bond acceptors (Lipinski definition) is 5. The molecule has 2 bridgehead atoms. The molecule has 2 saturated heterocycles. The van der Waals surface area contributed by atoms with Crippen LogP contribution in [0.3, 0.4) is 0 Å². The van der Waals surface area contributed by atoms with Gasteiger partial charge in [-0.1, -0.05) is 22.9 Å². The van der Waals surface area contributed by atoms with Gasteiger partial charge in [0.05, 0.1) is 8.81 Å². The van der Waals surface area contributed by atoms with Gasteiger partial charge in [0.15, 0.2) is 5.06 Å². The van der Waals surface area contributed by atoms with Crippen molar-refractivity contribution in [2.24, 2.45) is 0 Å². The highest BCUT2D eigenvalue weighted by Gasteiger charge is 2.39. The van der Waals surface area contributed by atoms with Crippen molar-refractivity contribution in [2.45, 2.75) is 43.9 Å². The lowest BCUT2D eigenvalue weighted by Gasteiger charge is -2.36. The molecule has 2 atom stereocenters. The van der Waals surface area contributed by atoms with Crippen LogP contribution in [-0.4, -0.2) is 52.3 Å². The smallest absolute Gasteiger partial charge is 0.328 e. The zero-order chi connectivity index (χ0) is 18.6. The molecule has 2 aliphatic heterocycles. The van der Waals surface area contributed by atoms with Gasteiger partial charge in [-0.15, -0.1) is 0 Å². The van der Waals surface area contributed by atoms with Gasteiger partial charge < -0.3 is 19.8 Å². The summed E-state index contributed by atoms with van der Waals surface area (Å²) < 4.78 is 7.86.